The summed E-state index contributed by atoms with van der Waals surface area (Å²) in [6.07, 6.45) is 6.96. The van der Waals surface area contributed by atoms with Crippen molar-refractivity contribution in [2.24, 2.45) is 0 Å². The van der Waals surface area contributed by atoms with Gasteiger partial charge in [0.05, 0.1) is 6.04 Å². The molecule has 0 bridgehead atoms. The molecule has 0 radical (unpaired) electrons. The van der Waals surface area contributed by atoms with Gasteiger partial charge in [0.15, 0.2) is 6.10 Å². The summed E-state index contributed by atoms with van der Waals surface area (Å²) in [7, 11) is 0. The number of ether oxygens (including phenoxy) is 1. The highest BCUT2D eigenvalue weighted by atomic mass is 16.5. The first-order valence-electron chi connectivity index (χ1n) is 9.24. The molecule has 1 aliphatic carbocycles. The van der Waals surface area contributed by atoms with Gasteiger partial charge in [-0.05, 0) is 36.6 Å². The van der Waals surface area contributed by atoms with E-state index in [4.69, 9.17) is 4.74 Å². The summed E-state index contributed by atoms with van der Waals surface area (Å²) >= 11 is 0. The Labute approximate surface area is 157 Å². The normalized spacial score (nSPS) is 22.5. The number of nitrogens with zero attached hydrogens (tertiary/aromatic N) is 3. The van der Waals surface area contributed by atoms with Crippen LogP contribution in [0.5, 0.6) is 0 Å². The lowest BCUT2D eigenvalue weighted by Crippen LogP contribution is -2.55. The molecule has 1 saturated carbocycles. The largest absolute Gasteiger partial charge is 0.356 e. The molecule has 2 amide bonds. The Morgan fingerprint density at radius 3 is 2.81 bits per heavy atom. The monoisotopic (exact) mass is 366 g/mol. The Morgan fingerprint density at radius 1 is 1.22 bits per heavy atom. The molecular weight excluding hydrogens is 344 g/mol. The van der Waals surface area contributed by atoms with Crippen LogP contribution in [0.1, 0.15) is 30.1 Å². The average Bonchev–Trinajstić information content (AvgIpc) is 3.54. The van der Waals surface area contributed by atoms with E-state index in [1.807, 2.05) is 35.2 Å². The van der Waals surface area contributed by atoms with Crippen LogP contribution in [0.25, 0.3) is 0 Å². The van der Waals surface area contributed by atoms with Crippen LogP contribution in [0.2, 0.25) is 0 Å². The number of hydrogen-bond donors (Lipinski definition) is 1. The number of carbonyl (C=O) groups is 2. The number of amides is 2. The summed E-state index contributed by atoms with van der Waals surface area (Å²) in [4.78, 5) is 35.6. The van der Waals surface area contributed by atoms with E-state index in [1.54, 1.807) is 18.6 Å². The Bertz CT molecular complexity index is 795. The molecule has 7 nitrogen and oxygen atoms in total. The standard InChI is InChI=1S/C20H22N4O3/c25-17-13-27-19(20(26)23-11-8-15-5-1-2-10-22-15)18(24(17)16-6-7-16)14-4-3-9-21-12-14/h1-5,9-10,12,16,18-19H,6-8,11,13H2,(H,23,26)/t18-,19+/m1/s1. The van der Waals surface area contributed by atoms with Crippen molar-refractivity contribution in [1.29, 1.82) is 0 Å². The zero-order valence-electron chi connectivity index (χ0n) is 15.0. The quantitative estimate of drug-likeness (QED) is 0.832. The Kier molecular flexibility index (Phi) is 5.11. The first kappa shape index (κ1) is 17.6. The Hall–Kier alpha value is -2.80. The van der Waals surface area contributed by atoms with Gasteiger partial charge in [-0.1, -0.05) is 12.1 Å². The fraction of sp³-hybridized carbons (Fsp3) is 0.400. The van der Waals surface area contributed by atoms with Crippen LogP contribution in [0, 0.1) is 0 Å². The zero-order valence-corrected chi connectivity index (χ0v) is 15.0. The van der Waals surface area contributed by atoms with Crippen molar-refractivity contribution in [3.05, 3.63) is 60.2 Å². The summed E-state index contributed by atoms with van der Waals surface area (Å²) in [6, 6.07) is 9.16. The van der Waals surface area contributed by atoms with E-state index in [0.29, 0.717) is 13.0 Å². The van der Waals surface area contributed by atoms with Crippen molar-refractivity contribution >= 4 is 11.8 Å². The lowest BCUT2D eigenvalue weighted by Gasteiger charge is -2.40. The maximum atomic E-state index is 12.9. The minimum Gasteiger partial charge on any atom is -0.356 e. The van der Waals surface area contributed by atoms with Gasteiger partial charge in [0.1, 0.15) is 6.61 Å². The summed E-state index contributed by atoms with van der Waals surface area (Å²) in [5.41, 5.74) is 1.74. The number of pyridine rings is 2. The Morgan fingerprint density at radius 2 is 2.11 bits per heavy atom. The van der Waals surface area contributed by atoms with Crippen LogP contribution in [-0.4, -0.2) is 52.0 Å². The van der Waals surface area contributed by atoms with E-state index in [-0.39, 0.29) is 24.5 Å². The van der Waals surface area contributed by atoms with E-state index >= 15 is 0 Å². The van der Waals surface area contributed by atoms with Crippen molar-refractivity contribution in [3.63, 3.8) is 0 Å². The van der Waals surface area contributed by atoms with Gasteiger partial charge >= 0.3 is 0 Å². The lowest BCUT2D eigenvalue weighted by molar-refractivity contribution is -0.165. The molecule has 1 saturated heterocycles. The van der Waals surface area contributed by atoms with Gasteiger partial charge in [0.25, 0.3) is 5.91 Å². The summed E-state index contributed by atoms with van der Waals surface area (Å²) in [6.45, 7) is 0.401. The predicted octanol–water partition coefficient (Wildman–Crippen LogP) is 1.27. The van der Waals surface area contributed by atoms with Gasteiger partial charge in [-0.25, -0.2) is 0 Å². The third-order valence-electron chi connectivity index (χ3n) is 4.89. The van der Waals surface area contributed by atoms with E-state index < -0.39 is 12.1 Å². The summed E-state index contributed by atoms with van der Waals surface area (Å²) < 4.78 is 5.68. The smallest absolute Gasteiger partial charge is 0.251 e. The highest BCUT2D eigenvalue weighted by Crippen LogP contribution is 2.39. The summed E-state index contributed by atoms with van der Waals surface area (Å²) in [5, 5.41) is 2.93. The molecule has 1 aliphatic heterocycles. The number of carbonyl (C=O) groups excluding carboxylic acids is 2. The van der Waals surface area contributed by atoms with Gasteiger partial charge in [-0.3, -0.25) is 19.6 Å². The minimum atomic E-state index is -0.740. The van der Waals surface area contributed by atoms with Crippen LogP contribution < -0.4 is 5.32 Å². The molecule has 0 spiro atoms. The first-order chi connectivity index (χ1) is 13.2. The lowest BCUT2D eigenvalue weighted by atomic mass is 9.98. The van der Waals surface area contributed by atoms with Crippen LogP contribution in [0.15, 0.2) is 48.9 Å². The third-order valence-corrected chi connectivity index (χ3v) is 4.89. The number of aromatic nitrogens is 2. The van der Waals surface area contributed by atoms with Crippen LogP contribution >= 0.6 is 0 Å². The van der Waals surface area contributed by atoms with E-state index in [2.05, 4.69) is 15.3 Å². The second-order valence-electron chi connectivity index (χ2n) is 6.86. The second kappa shape index (κ2) is 7.84. The molecule has 27 heavy (non-hydrogen) atoms. The molecule has 2 atom stereocenters. The van der Waals surface area contributed by atoms with Crippen LogP contribution in [-0.2, 0) is 20.7 Å². The van der Waals surface area contributed by atoms with Crippen molar-refractivity contribution in [2.75, 3.05) is 13.2 Å². The van der Waals surface area contributed by atoms with Crippen LogP contribution in [0.3, 0.4) is 0 Å². The molecule has 0 aromatic carbocycles. The fourth-order valence-corrected chi connectivity index (χ4v) is 3.48. The average molecular weight is 366 g/mol. The van der Waals surface area contributed by atoms with E-state index in [1.165, 1.54) is 0 Å². The van der Waals surface area contributed by atoms with Crippen molar-refractivity contribution < 1.29 is 14.3 Å². The van der Waals surface area contributed by atoms with Gasteiger partial charge in [-0.15, -0.1) is 0 Å². The van der Waals surface area contributed by atoms with Crippen molar-refractivity contribution in [1.82, 2.24) is 20.2 Å². The Balaban J connectivity index is 1.48. The number of rotatable bonds is 6. The minimum absolute atomic E-state index is 0.0639. The van der Waals surface area contributed by atoms with Crippen LogP contribution in [0.4, 0.5) is 0 Å². The van der Waals surface area contributed by atoms with Gasteiger partial charge in [0.2, 0.25) is 5.91 Å². The van der Waals surface area contributed by atoms with Gasteiger partial charge in [-0.2, -0.15) is 0 Å². The van der Waals surface area contributed by atoms with Crippen molar-refractivity contribution in [3.8, 4) is 0 Å². The number of hydrogen-bond acceptors (Lipinski definition) is 5. The maximum absolute atomic E-state index is 12.9. The second-order valence-corrected chi connectivity index (χ2v) is 6.86. The topological polar surface area (TPSA) is 84.4 Å². The molecule has 2 aromatic rings. The van der Waals surface area contributed by atoms with E-state index in [0.717, 1.165) is 24.1 Å². The highest BCUT2D eigenvalue weighted by Gasteiger charge is 2.47. The first-order valence-corrected chi connectivity index (χ1v) is 9.24. The van der Waals surface area contributed by atoms with E-state index in [9.17, 15) is 9.59 Å². The number of morpholine rings is 1. The molecule has 2 aromatic heterocycles. The predicted molar refractivity (Wildman–Crippen MR) is 97.5 cm³/mol. The third kappa shape index (κ3) is 3.98. The maximum Gasteiger partial charge on any atom is 0.251 e. The molecule has 2 fully saturated rings. The molecule has 140 valence electrons. The molecule has 4 rings (SSSR count). The molecule has 0 unspecified atom stereocenters. The molecule has 3 heterocycles. The molecule has 7 heteroatoms. The fourth-order valence-electron chi connectivity index (χ4n) is 3.48. The van der Waals surface area contributed by atoms with Gasteiger partial charge < -0.3 is 15.0 Å². The van der Waals surface area contributed by atoms with Gasteiger partial charge in [0, 0.05) is 43.3 Å². The molecular formula is C20H22N4O3. The number of nitrogens with one attached hydrogen (secondary N) is 1. The SMILES string of the molecule is O=C(NCCc1ccccn1)[C@H]1OCC(=O)N(C2CC2)[C@@H]1c1cccnc1. The highest BCUT2D eigenvalue weighted by molar-refractivity contribution is 5.86. The zero-order chi connectivity index (χ0) is 18.6. The molecule has 1 N–H and O–H groups in total. The molecule has 2 aliphatic rings. The van der Waals surface area contributed by atoms with Crippen molar-refractivity contribution in [2.45, 2.75) is 37.5 Å². The summed E-state index contributed by atoms with van der Waals surface area (Å²) in [5.74, 6) is -0.276.